The molecule has 0 unspecified atom stereocenters. The van der Waals surface area contributed by atoms with Gasteiger partial charge in [0.25, 0.3) is 0 Å². The first-order valence-electron chi connectivity index (χ1n) is 6.84. The van der Waals surface area contributed by atoms with Crippen molar-refractivity contribution in [1.82, 2.24) is 9.97 Å². The van der Waals surface area contributed by atoms with E-state index in [2.05, 4.69) is 67.4 Å². The van der Waals surface area contributed by atoms with Gasteiger partial charge in [0.1, 0.15) is 5.82 Å². The van der Waals surface area contributed by atoms with Gasteiger partial charge in [0.05, 0.1) is 9.26 Å². The maximum Gasteiger partial charge on any atom is 0.162 e. The van der Waals surface area contributed by atoms with Crippen molar-refractivity contribution < 1.29 is 0 Å². The van der Waals surface area contributed by atoms with E-state index in [4.69, 9.17) is 10.7 Å². The molecule has 1 aromatic heterocycles. The lowest BCUT2D eigenvalue weighted by atomic mass is 10.0. The van der Waals surface area contributed by atoms with Gasteiger partial charge in [-0.3, -0.25) is 0 Å². The zero-order valence-electron chi connectivity index (χ0n) is 12.4. The highest BCUT2D eigenvalue weighted by molar-refractivity contribution is 14.1. The second-order valence-corrected chi connectivity index (χ2v) is 6.27. The zero-order chi connectivity index (χ0) is 14.9. The quantitative estimate of drug-likeness (QED) is 0.811. The van der Waals surface area contributed by atoms with Crippen molar-refractivity contribution in [3.05, 3.63) is 38.1 Å². The summed E-state index contributed by atoms with van der Waals surface area (Å²) in [5.41, 5.74) is 11.9. The molecule has 0 radical (unpaired) electrons. The van der Waals surface area contributed by atoms with Crippen molar-refractivity contribution in [3.8, 4) is 11.4 Å². The molecule has 0 aliphatic heterocycles. The van der Waals surface area contributed by atoms with Crippen LogP contribution in [0.5, 0.6) is 0 Å². The summed E-state index contributed by atoms with van der Waals surface area (Å²) >= 11 is 2.23. The van der Waals surface area contributed by atoms with Crippen LogP contribution in [0.25, 0.3) is 11.4 Å². The van der Waals surface area contributed by atoms with E-state index in [0.29, 0.717) is 5.82 Å². The Hall–Kier alpha value is -1.17. The average Bonchev–Trinajstić information content (AvgIpc) is 2.39. The molecule has 0 bridgehead atoms. The molecule has 20 heavy (non-hydrogen) atoms. The van der Waals surface area contributed by atoms with Crippen LogP contribution in [0.4, 0.5) is 5.82 Å². The summed E-state index contributed by atoms with van der Waals surface area (Å²) in [7, 11) is 0. The lowest BCUT2D eigenvalue weighted by molar-refractivity contribution is 0.869. The number of nitrogen functional groups attached to an aromatic ring is 1. The maximum absolute atomic E-state index is 6.05. The van der Waals surface area contributed by atoms with Crippen LogP contribution in [-0.4, -0.2) is 9.97 Å². The summed E-state index contributed by atoms with van der Waals surface area (Å²) in [6, 6.07) is 4.34. The predicted molar refractivity (Wildman–Crippen MR) is 92.8 cm³/mol. The number of nitrogens with two attached hydrogens (primary N) is 1. The van der Waals surface area contributed by atoms with Gasteiger partial charge in [0, 0.05) is 5.56 Å². The van der Waals surface area contributed by atoms with E-state index in [1.165, 1.54) is 16.7 Å². The highest BCUT2D eigenvalue weighted by Crippen LogP contribution is 2.27. The van der Waals surface area contributed by atoms with E-state index in [1.807, 2.05) is 0 Å². The molecule has 2 N–H and O–H groups in total. The normalized spacial score (nSPS) is 10.8. The third-order valence-electron chi connectivity index (χ3n) is 3.51. The van der Waals surface area contributed by atoms with Crippen LogP contribution in [0.15, 0.2) is 12.1 Å². The summed E-state index contributed by atoms with van der Waals surface area (Å²) in [5.74, 6) is 1.32. The zero-order valence-corrected chi connectivity index (χ0v) is 14.6. The number of rotatable bonds is 3. The maximum atomic E-state index is 6.05. The SMILES string of the molecule is CCCc1nc(-c2cc(C)c(C)cc2C)nc(N)c1I. The van der Waals surface area contributed by atoms with Crippen LogP contribution in [0.3, 0.4) is 0 Å². The first kappa shape index (κ1) is 15.2. The number of aryl methyl sites for hydroxylation is 4. The Balaban J connectivity index is 2.61. The fourth-order valence-corrected chi connectivity index (χ4v) is 2.75. The van der Waals surface area contributed by atoms with Gasteiger partial charge in [-0.25, -0.2) is 9.97 Å². The molecule has 1 heterocycles. The number of aromatic nitrogens is 2. The highest BCUT2D eigenvalue weighted by Gasteiger charge is 2.13. The lowest BCUT2D eigenvalue weighted by Gasteiger charge is -2.12. The van der Waals surface area contributed by atoms with E-state index in [1.54, 1.807) is 0 Å². The van der Waals surface area contributed by atoms with E-state index in [9.17, 15) is 0 Å². The molecule has 0 saturated carbocycles. The monoisotopic (exact) mass is 381 g/mol. The van der Waals surface area contributed by atoms with Gasteiger partial charge in [0.2, 0.25) is 0 Å². The molecule has 3 nitrogen and oxygen atoms in total. The third-order valence-corrected chi connectivity index (χ3v) is 4.69. The van der Waals surface area contributed by atoms with Crippen molar-refractivity contribution in [2.75, 3.05) is 5.73 Å². The Morgan fingerprint density at radius 2 is 1.70 bits per heavy atom. The molecule has 106 valence electrons. The molecule has 0 aliphatic carbocycles. The average molecular weight is 381 g/mol. The van der Waals surface area contributed by atoms with Gasteiger partial charge in [0.15, 0.2) is 5.82 Å². The summed E-state index contributed by atoms with van der Waals surface area (Å²) in [4.78, 5) is 9.20. The van der Waals surface area contributed by atoms with Gasteiger partial charge in [-0.05, 0) is 72.5 Å². The molecule has 0 fully saturated rings. The third kappa shape index (κ3) is 2.95. The van der Waals surface area contributed by atoms with Crippen molar-refractivity contribution in [3.63, 3.8) is 0 Å². The minimum absolute atomic E-state index is 0.580. The van der Waals surface area contributed by atoms with Gasteiger partial charge in [-0.1, -0.05) is 19.4 Å². The van der Waals surface area contributed by atoms with Crippen LogP contribution in [0.1, 0.15) is 35.7 Å². The Morgan fingerprint density at radius 3 is 2.35 bits per heavy atom. The molecular weight excluding hydrogens is 361 g/mol. The van der Waals surface area contributed by atoms with Crippen LogP contribution in [0.2, 0.25) is 0 Å². The molecule has 4 heteroatoms. The van der Waals surface area contributed by atoms with Crippen molar-refractivity contribution in [1.29, 1.82) is 0 Å². The molecule has 0 spiro atoms. The summed E-state index contributed by atoms with van der Waals surface area (Å²) < 4.78 is 0.981. The van der Waals surface area contributed by atoms with E-state index >= 15 is 0 Å². The van der Waals surface area contributed by atoms with Crippen molar-refractivity contribution in [2.24, 2.45) is 0 Å². The molecule has 2 rings (SSSR count). The number of hydrogen-bond donors (Lipinski definition) is 1. The van der Waals surface area contributed by atoms with Crippen molar-refractivity contribution >= 4 is 28.4 Å². The number of nitrogens with zero attached hydrogens (tertiary/aromatic N) is 2. The van der Waals surface area contributed by atoms with Gasteiger partial charge in [-0.15, -0.1) is 0 Å². The Morgan fingerprint density at radius 1 is 1.05 bits per heavy atom. The number of anilines is 1. The molecule has 0 aliphatic rings. The first-order chi connectivity index (χ1) is 9.43. The number of halogens is 1. The van der Waals surface area contributed by atoms with Crippen LogP contribution in [0, 0.1) is 24.3 Å². The van der Waals surface area contributed by atoms with Gasteiger partial charge < -0.3 is 5.73 Å². The topological polar surface area (TPSA) is 51.8 Å². The Kier molecular flexibility index (Phi) is 4.62. The minimum atomic E-state index is 0.580. The standard InChI is InChI=1S/C16H20IN3/c1-5-6-13-14(17)15(18)20-16(19-13)12-8-10(3)9(2)7-11(12)4/h7-8H,5-6H2,1-4H3,(H2,18,19,20). The van der Waals surface area contributed by atoms with E-state index in [-0.39, 0.29) is 0 Å². The summed E-state index contributed by atoms with van der Waals surface area (Å²) in [6.45, 7) is 8.48. The molecule has 0 saturated heterocycles. The molecule has 0 atom stereocenters. The summed E-state index contributed by atoms with van der Waals surface area (Å²) in [6.07, 6.45) is 1.99. The van der Waals surface area contributed by atoms with Crippen LogP contribution >= 0.6 is 22.6 Å². The van der Waals surface area contributed by atoms with Crippen LogP contribution < -0.4 is 5.73 Å². The fraction of sp³-hybridized carbons (Fsp3) is 0.375. The van der Waals surface area contributed by atoms with Crippen molar-refractivity contribution in [2.45, 2.75) is 40.5 Å². The van der Waals surface area contributed by atoms with E-state index in [0.717, 1.165) is 33.5 Å². The Labute approximate surface area is 134 Å². The summed E-state index contributed by atoms with van der Waals surface area (Å²) in [5, 5.41) is 0. The molecule has 2 aromatic rings. The fourth-order valence-electron chi connectivity index (χ4n) is 2.24. The molecule has 1 aromatic carbocycles. The highest BCUT2D eigenvalue weighted by atomic mass is 127. The predicted octanol–water partition coefficient (Wildman–Crippen LogP) is 4.21. The molecule has 0 amide bonds. The van der Waals surface area contributed by atoms with Crippen LogP contribution in [-0.2, 0) is 6.42 Å². The smallest absolute Gasteiger partial charge is 0.162 e. The van der Waals surface area contributed by atoms with Gasteiger partial charge in [-0.2, -0.15) is 0 Å². The van der Waals surface area contributed by atoms with Gasteiger partial charge >= 0.3 is 0 Å². The Bertz CT molecular complexity index is 651. The number of hydrogen-bond acceptors (Lipinski definition) is 3. The largest absolute Gasteiger partial charge is 0.383 e. The molecular formula is C16H20IN3. The first-order valence-corrected chi connectivity index (χ1v) is 7.92. The minimum Gasteiger partial charge on any atom is -0.383 e. The second-order valence-electron chi connectivity index (χ2n) is 5.19. The lowest BCUT2D eigenvalue weighted by Crippen LogP contribution is -2.06. The van der Waals surface area contributed by atoms with E-state index < -0.39 is 0 Å². The second kappa shape index (κ2) is 6.08. The number of benzene rings is 1.